The van der Waals surface area contributed by atoms with E-state index in [1.54, 1.807) is 15.3 Å². The molecule has 2 aromatic heterocycles. The molecule has 0 bridgehead atoms. The molecule has 4 rings (SSSR count). The van der Waals surface area contributed by atoms with Crippen LogP contribution in [0.15, 0.2) is 53.5 Å². The molecule has 3 heterocycles. The largest absolute Gasteiger partial charge is 0.368 e. The van der Waals surface area contributed by atoms with Crippen LogP contribution in [0.3, 0.4) is 0 Å². The molecule has 0 saturated carbocycles. The fraction of sp³-hybridized carbons (Fsp3) is 0.350. The van der Waals surface area contributed by atoms with E-state index in [2.05, 4.69) is 10.3 Å². The van der Waals surface area contributed by atoms with Gasteiger partial charge in [-0.05, 0) is 30.5 Å². The van der Waals surface area contributed by atoms with Gasteiger partial charge in [0.15, 0.2) is 5.65 Å². The lowest BCUT2D eigenvalue weighted by Gasteiger charge is -2.10. The van der Waals surface area contributed by atoms with Crippen LogP contribution in [0.1, 0.15) is 18.4 Å². The Labute approximate surface area is 156 Å². The van der Waals surface area contributed by atoms with Gasteiger partial charge in [-0.25, -0.2) is 9.78 Å². The van der Waals surface area contributed by atoms with Crippen molar-refractivity contribution in [3.63, 3.8) is 0 Å². The number of rotatable bonds is 6. The first-order chi connectivity index (χ1) is 13.2. The molecule has 140 valence electrons. The average molecular weight is 366 g/mol. The van der Waals surface area contributed by atoms with Crippen LogP contribution < -0.4 is 11.0 Å². The van der Waals surface area contributed by atoms with Crippen molar-refractivity contribution in [1.29, 1.82) is 0 Å². The van der Waals surface area contributed by atoms with Crippen molar-refractivity contribution < 1.29 is 9.53 Å². The second kappa shape index (κ2) is 7.75. The molecule has 0 radical (unpaired) electrons. The molecule has 1 aliphatic heterocycles. The van der Waals surface area contributed by atoms with Gasteiger partial charge < -0.3 is 10.1 Å². The molecule has 1 fully saturated rings. The number of carbonyl (C=O) groups is 1. The summed E-state index contributed by atoms with van der Waals surface area (Å²) in [5, 5.41) is 2.86. The van der Waals surface area contributed by atoms with Crippen LogP contribution in [0.2, 0.25) is 0 Å². The average Bonchev–Trinajstić information content (AvgIpc) is 3.32. The van der Waals surface area contributed by atoms with E-state index in [9.17, 15) is 9.59 Å². The molecule has 0 spiro atoms. The van der Waals surface area contributed by atoms with Crippen molar-refractivity contribution in [2.24, 2.45) is 0 Å². The van der Waals surface area contributed by atoms with Crippen LogP contribution in [0.25, 0.3) is 11.2 Å². The maximum absolute atomic E-state index is 13.0. The number of carbonyl (C=O) groups excluding carboxylic acids is 1. The van der Waals surface area contributed by atoms with Crippen molar-refractivity contribution in [2.45, 2.75) is 32.0 Å². The summed E-state index contributed by atoms with van der Waals surface area (Å²) < 4.78 is 8.73. The Morgan fingerprint density at radius 1 is 1.19 bits per heavy atom. The monoisotopic (exact) mass is 366 g/mol. The number of hydrogen-bond acceptors (Lipinski definition) is 4. The van der Waals surface area contributed by atoms with Gasteiger partial charge in [0.05, 0.1) is 12.1 Å². The van der Waals surface area contributed by atoms with Gasteiger partial charge in [-0.15, -0.1) is 0 Å². The third kappa shape index (κ3) is 3.64. The van der Waals surface area contributed by atoms with E-state index in [0.29, 0.717) is 31.9 Å². The first kappa shape index (κ1) is 17.5. The Balaban J connectivity index is 1.54. The number of ether oxygens (including phenoxy) is 1. The second-order valence-electron chi connectivity index (χ2n) is 6.64. The number of nitrogens with one attached hydrogen (secondary N) is 1. The number of fused-ring (bicyclic) bond motifs is 1. The summed E-state index contributed by atoms with van der Waals surface area (Å²) in [4.78, 5) is 29.4. The summed E-state index contributed by atoms with van der Waals surface area (Å²) >= 11 is 0. The fourth-order valence-electron chi connectivity index (χ4n) is 3.46. The van der Waals surface area contributed by atoms with Gasteiger partial charge in [0.2, 0.25) is 5.91 Å². The molecule has 27 heavy (non-hydrogen) atoms. The molecule has 1 amide bonds. The Morgan fingerprint density at radius 2 is 2.04 bits per heavy atom. The van der Waals surface area contributed by atoms with Crippen LogP contribution in [0, 0.1) is 0 Å². The first-order valence-electron chi connectivity index (χ1n) is 9.21. The summed E-state index contributed by atoms with van der Waals surface area (Å²) in [7, 11) is 0. The van der Waals surface area contributed by atoms with Crippen molar-refractivity contribution in [3.8, 4) is 0 Å². The number of hydrogen-bond donors (Lipinski definition) is 1. The highest BCUT2D eigenvalue weighted by atomic mass is 16.5. The van der Waals surface area contributed by atoms with Crippen LogP contribution >= 0.6 is 0 Å². The van der Waals surface area contributed by atoms with E-state index in [1.807, 2.05) is 42.5 Å². The fourth-order valence-corrected chi connectivity index (χ4v) is 3.46. The molecular formula is C20H22N4O3. The van der Waals surface area contributed by atoms with Gasteiger partial charge in [0, 0.05) is 25.9 Å². The predicted octanol–water partition coefficient (Wildman–Crippen LogP) is 1.54. The number of amides is 1. The molecule has 7 heteroatoms. The summed E-state index contributed by atoms with van der Waals surface area (Å²) in [5.41, 5.74) is 2.34. The van der Waals surface area contributed by atoms with E-state index >= 15 is 0 Å². The van der Waals surface area contributed by atoms with Gasteiger partial charge in [-0.3, -0.25) is 13.9 Å². The van der Waals surface area contributed by atoms with Crippen LogP contribution in [-0.4, -0.2) is 39.3 Å². The predicted molar refractivity (Wildman–Crippen MR) is 102 cm³/mol. The zero-order chi connectivity index (χ0) is 18.6. The van der Waals surface area contributed by atoms with Gasteiger partial charge in [-0.2, -0.15) is 0 Å². The maximum atomic E-state index is 13.0. The highest BCUT2D eigenvalue weighted by Gasteiger charge is 2.23. The molecule has 0 aliphatic carbocycles. The topological polar surface area (TPSA) is 78.2 Å². The minimum absolute atomic E-state index is 0.110. The minimum atomic E-state index is -0.362. The molecule has 1 aromatic carbocycles. The number of pyridine rings is 1. The lowest BCUT2D eigenvalue weighted by Crippen LogP contribution is -2.37. The summed E-state index contributed by atoms with van der Waals surface area (Å²) in [6, 6.07) is 13.6. The van der Waals surface area contributed by atoms with Crippen molar-refractivity contribution in [1.82, 2.24) is 19.4 Å². The zero-order valence-electron chi connectivity index (χ0n) is 15.0. The Morgan fingerprint density at radius 3 is 2.81 bits per heavy atom. The Hall–Kier alpha value is -2.93. The number of imidazole rings is 1. The second-order valence-corrected chi connectivity index (χ2v) is 6.64. The van der Waals surface area contributed by atoms with E-state index in [1.165, 1.54) is 0 Å². The lowest BCUT2D eigenvalue weighted by atomic mass is 10.2. The van der Waals surface area contributed by atoms with Crippen molar-refractivity contribution in [3.05, 3.63) is 64.7 Å². The quantitative estimate of drug-likeness (QED) is 0.718. The Kier molecular flexibility index (Phi) is 5.02. The van der Waals surface area contributed by atoms with Gasteiger partial charge >= 0.3 is 5.69 Å². The van der Waals surface area contributed by atoms with Crippen LogP contribution in [0.5, 0.6) is 0 Å². The molecule has 0 unspecified atom stereocenters. The maximum Gasteiger partial charge on any atom is 0.330 e. The van der Waals surface area contributed by atoms with E-state index < -0.39 is 0 Å². The van der Waals surface area contributed by atoms with Crippen molar-refractivity contribution >= 4 is 17.1 Å². The molecule has 3 aromatic rings. The highest BCUT2D eigenvalue weighted by Crippen LogP contribution is 2.13. The third-order valence-electron chi connectivity index (χ3n) is 4.81. The minimum Gasteiger partial charge on any atom is -0.368 e. The summed E-state index contributed by atoms with van der Waals surface area (Å²) in [6.07, 6.45) is 2.98. The SMILES string of the molecule is O=C(NCCn1c(=O)n(Cc2ccccc2)c2cccnc21)[C@H]1CCCO1. The van der Waals surface area contributed by atoms with Crippen LogP contribution in [0.4, 0.5) is 0 Å². The van der Waals surface area contributed by atoms with E-state index in [0.717, 1.165) is 23.9 Å². The van der Waals surface area contributed by atoms with Crippen LogP contribution in [-0.2, 0) is 22.6 Å². The standard InChI is InChI=1S/C20H22N4O3/c25-19(17-9-5-13-27-17)22-11-12-23-18-16(8-4-10-21-18)24(20(23)26)14-15-6-2-1-3-7-15/h1-4,6-8,10,17H,5,9,11-14H2,(H,22,25)/t17-/m1/s1. The van der Waals surface area contributed by atoms with Crippen molar-refractivity contribution in [2.75, 3.05) is 13.2 Å². The van der Waals surface area contributed by atoms with Gasteiger partial charge in [-0.1, -0.05) is 30.3 Å². The summed E-state index contributed by atoms with van der Waals surface area (Å²) in [6.45, 7) is 1.85. The number of benzene rings is 1. The van der Waals surface area contributed by atoms with Gasteiger partial charge in [0.25, 0.3) is 0 Å². The number of aromatic nitrogens is 3. The van der Waals surface area contributed by atoms with Gasteiger partial charge in [0.1, 0.15) is 6.10 Å². The molecule has 7 nitrogen and oxygen atoms in total. The number of nitrogens with zero attached hydrogens (tertiary/aromatic N) is 3. The molecule has 1 atom stereocenters. The molecule has 1 saturated heterocycles. The lowest BCUT2D eigenvalue weighted by molar-refractivity contribution is -0.130. The first-order valence-corrected chi connectivity index (χ1v) is 9.21. The smallest absolute Gasteiger partial charge is 0.330 e. The Bertz CT molecular complexity index is 987. The molecule has 1 N–H and O–H groups in total. The van der Waals surface area contributed by atoms with E-state index in [4.69, 9.17) is 4.74 Å². The third-order valence-corrected chi connectivity index (χ3v) is 4.81. The highest BCUT2D eigenvalue weighted by molar-refractivity contribution is 5.81. The normalized spacial score (nSPS) is 16.7. The van der Waals surface area contributed by atoms with E-state index in [-0.39, 0.29) is 17.7 Å². The molecule has 1 aliphatic rings. The molecular weight excluding hydrogens is 344 g/mol. The zero-order valence-corrected chi connectivity index (χ0v) is 15.0. The summed E-state index contributed by atoms with van der Waals surface area (Å²) in [5.74, 6) is -0.110.